The van der Waals surface area contributed by atoms with Crippen molar-refractivity contribution < 1.29 is 18.7 Å². The Hall–Kier alpha value is -2.66. The zero-order valence-corrected chi connectivity index (χ0v) is 15.2. The van der Waals surface area contributed by atoms with Gasteiger partial charge in [0.15, 0.2) is 0 Å². The molecule has 2 unspecified atom stereocenters. The number of benzene rings is 2. The first kappa shape index (κ1) is 17.7. The molecular formula is C22H22FNO3. The SMILES string of the molecule is Cc1cccc(C2=CC3COCC(C2)N3C(=O)OCc2ccccc2)c1F. The lowest BCUT2D eigenvalue weighted by Crippen LogP contribution is -2.56. The highest BCUT2D eigenvalue weighted by molar-refractivity contribution is 5.75. The Bertz CT molecular complexity index is 865. The van der Waals surface area contributed by atoms with E-state index in [1.807, 2.05) is 42.5 Å². The molecule has 2 bridgehead atoms. The van der Waals surface area contributed by atoms with Crippen LogP contribution in [0.2, 0.25) is 0 Å². The highest BCUT2D eigenvalue weighted by Crippen LogP contribution is 2.34. The number of amides is 1. The van der Waals surface area contributed by atoms with Crippen LogP contribution in [0.1, 0.15) is 23.1 Å². The van der Waals surface area contributed by atoms with Gasteiger partial charge in [-0.1, -0.05) is 54.6 Å². The van der Waals surface area contributed by atoms with Crippen molar-refractivity contribution in [1.82, 2.24) is 4.90 Å². The van der Waals surface area contributed by atoms with Gasteiger partial charge in [-0.05, 0) is 30.0 Å². The molecule has 0 radical (unpaired) electrons. The maximum Gasteiger partial charge on any atom is 0.411 e. The average Bonchev–Trinajstić information content (AvgIpc) is 2.68. The Morgan fingerprint density at radius 3 is 2.78 bits per heavy atom. The maximum atomic E-state index is 14.5. The van der Waals surface area contributed by atoms with Crippen LogP contribution in [0.25, 0.3) is 5.57 Å². The zero-order chi connectivity index (χ0) is 18.8. The van der Waals surface area contributed by atoms with Gasteiger partial charge in [0, 0.05) is 5.56 Å². The number of morpholine rings is 1. The number of carbonyl (C=O) groups is 1. The van der Waals surface area contributed by atoms with Crippen LogP contribution in [0.4, 0.5) is 9.18 Å². The third-order valence-corrected chi connectivity index (χ3v) is 5.15. The predicted molar refractivity (Wildman–Crippen MR) is 101 cm³/mol. The Balaban J connectivity index is 1.53. The van der Waals surface area contributed by atoms with Crippen LogP contribution in [0.3, 0.4) is 0 Å². The molecule has 2 aliphatic heterocycles. The third-order valence-electron chi connectivity index (χ3n) is 5.15. The first-order valence-corrected chi connectivity index (χ1v) is 9.16. The van der Waals surface area contributed by atoms with Crippen molar-refractivity contribution in [3.05, 3.63) is 77.1 Å². The molecule has 2 aromatic carbocycles. The molecule has 140 valence electrons. The molecule has 0 aromatic heterocycles. The summed E-state index contributed by atoms with van der Waals surface area (Å²) in [4.78, 5) is 14.4. The fourth-order valence-corrected chi connectivity index (χ4v) is 3.77. The van der Waals surface area contributed by atoms with Crippen LogP contribution in [-0.4, -0.2) is 36.3 Å². The van der Waals surface area contributed by atoms with Crippen LogP contribution in [0, 0.1) is 12.7 Å². The van der Waals surface area contributed by atoms with Crippen molar-refractivity contribution in [2.45, 2.75) is 32.0 Å². The van der Waals surface area contributed by atoms with Crippen LogP contribution >= 0.6 is 0 Å². The van der Waals surface area contributed by atoms with Crippen molar-refractivity contribution >= 4 is 11.7 Å². The molecule has 0 spiro atoms. The predicted octanol–water partition coefficient (Wildman–Crippen LogP) is 4.33. The van der Waals surface area contributed by atoms with E-state index in [0.717, 1.165) is 11.1 Å². The summed E-state index contributed by atoms with van der Waals surface area (Å²) in [6.45, 7) is 2.83. The summed E-state index contributed by atoms with van der Waals surface area (Å²) in [6.07, 6.45) is 2.14. The lowest BCUT2D eigenvalue weighted by molar-refractivity contribution is -0.0342. The number of aryl methyl sites for hydroxylation is 1. The van der Waals surface area contributed by atoms with E-state index in [0.29, 0.717) is 30.8 Å². The molecule has 1 fully saturated rings. The number of hydrogen-bond acceptors (Lipinski definition) is 3. The number of hydrogen-bond donors (Lipinski definition) is 0. The minimum absolute atomic E-state index is 0.146. The number of nitrogens with zero attached hydrogens (tertiary/aromatic N) is 1. The van der Waals surface area contributed by atoms with Crippen LogP contribution in [0.15, 0.2) is 54.6 Å². The molecule has 4 nitrogen and oxygen atoms in total. The summed E-state index contributed by atoms with van der Waals surface area (Å²) in [5.41, 5.74) is 3.12. The van der Waals surface area contributed by atoms with E-state index in [1.165, 1.54) is 0 Å². The summed E-state index contributed by atoms with van der Waals surface area (Å²) in [5, 5.41) is 0. The minimum atomic E-state index is -0.350. The minimum Gasteiger partial charge on any atom is -0.445 e. The van der Waals surface area contributed by atoms with E-state index < -0.39 is 0 Å². The standard InChI is InChI=1S/C22H22FNO3/c1-15-6-5-9-20(21(15)23)17-10-18-13-26-14-19(11-17)24(18)22(25)27-12-16-7-3-2-4-8-16/h2-10,18-19H,11-14H2,1H3. The van der Waals surface area contributed by atoms with E-state index in [9.17, 15) is 9.18 Å². The Kier molecular flexibility index (Phi) is 4.94. The molecule has 0 N–H and O–H groups in total. The number of fused-ring (bicyclic) bond motifs is 2. The van der Waals surface area contributed by atoms with Gasteiger partial charge in [-0.25, -0.2) is 9.18 Å². The molecule has 1 saturated heterocycles. The number of rotatable bonds is 3. The van der Waals surface area contributed by atoms with Crippen LogP contribution in [-0.2, 0) is 16.1 Å². The zero-order valence-electron chi connectivity index (χ0n) is 15.2. The van der Waals surface area contributed by atoms with E-state index in [-0.39, 0.29) is 30.6 Å². The smallest absolute Gasteiger partial charge is 0.411 e. The summed E-state index contributed by atoms with van der Waals surface area (Å²) < 4.78 is 25.7. The van der Waals surface area contributed by atoms with Gasteiger partial charge >= 0.3 is 6.09 Å². The van der Waals surface area contributed by atoms with Crippen molar-refractivity contribution in [3.63, 3.8) is 0 Å². The summed E-state index contributed by atoms with van der Waals surface area (Å²) >= 11 is 0. The second-order valence-electron chi connectivity index (χ2n) is 7.04. The van der Waals surface area contributed by atoms with Gasteiger partial charge in [-0.3, -0.25) is 4.90 Å². The fourth-order valence-electron chi connectivity index (χ4n) is 3.77. The highest BCUT2D eigenvalue weighted by Gasteiger charge is 2.39. The van der Waals surface area contributed by atoms with Gasteiger partial charge in [-0.15, -0.1) is 0 Å². The Labute approximate surface area is 158 Å². The van der Waals surface area contributed by atoms with Crippen LogP contribution in [0.5, 0.6) is 0 Å². The molecular weight excluding hydrogens is 345 g/mol. The summed E-state index contributed by atoms with van der Waals surface area (Å²) in [7, 11) is 0. The second-order valence-corrected chi connectivity index (χ2v) is 7.04. The lowest BCUT2D eigenvalue weighted by atomic mass is 9.89. The largest absolute Gasteiger partial charge is 0.445 e. The normalized spacial score (nSPS) is 21.6. The van der Waals surface area contributed by atoms with Crippen molar-refractivity contribution in [2.24, 2.45) is 0 Å². The Morgan fingerprint density at radius 1 is 1.19 bits per heavy atom. The first-order chi connectivity index (χ1) is 13.1. The summed E-state index contributed by atoms with van der Waals surface area (Å²) in [5.74, 6) is -0.192. The Morgan fingerprint density at radius 2 is 2.00 bits per heavy atom. The highest BCUT2D eigenvalue weighted by atomic mass is 19.1. The van der Waals surface area contributed by atoms with Gasteiger partial charge in [-0.2, -0.15) is 0 Å². The molecule has 5 heteroatoms. The quantitative estimate of drug-likeness (QED) is 0.811. The lowest BCUT2D eigenvalue weighted by Gasteiger charge is -2.43. The number of ether oxygens (including phenoxy) is 2. The molecule has 2 atom stereocenters. The van der Waals surface area contributed by atoms with Crippen molar-refractivity contribution in [2.75, 3.05) is 13.2 Å². The molecule has 2 aliphatic rings. The fraction of sp³-hybridized carbons (Fsp3) is 0.318. The molecule has 1 amide bonds. The molecule has 0 aliphatic carbocycles. The van der Waals surface area contributed by atoms with E-state index in [1.54, 1.807) is 24.0 Å². The van der Waals surface area contributed by atoms with Gasteiger partial charge in [0.25, 0.3) is 0 Å². The molecule has 2 aromatic rings. The van der Waals surface area contributed by atoms with E-state index in [4.69, 9.17) is 9.47 Å². The topological polar surface area (TPSA) is 38.8 Å². The van der Waals surface area contributed by atoms with E-state index in [2.05, 4.69) is 0 Å². The van der Waals surface area contributed by atoms with Gasteiger partial charge in [0.1, 0.15) is 12.4 Å². The van der Waals surface area contributed by atoms with Crippen molar-refractivity contribution in [3.8, 4) is 0 Å². The van der Waals surface area contributed by atoms with Gasteiger partial charge in [0.05, 0.1) is 25.3 Å². The first-order valence-electron chi connectivity index (χ1n) is 9.16. The van der Waals surface area contributed by atoms with Crippen LogP contribution < -0.4 is 0 Å². The third kappa shape index (κ3) is 3.60. The number of carbonyl (C=O) groups excluding carboxylic acids is 1. The van der Waals surface area contributed by atoms with E-state index >= 15 is 0 Å². The summed E-state index contributed by atoms with van der Waals surface area (Å²) in [6, 6.07) is 14.6. The monoisotopic (exact) mass is 367 g/mol. The molecule has 27 heavy (non-hydrogen) atoms. The van der Waals surface area contributed by atoms with Crippen molar-refractivity contribution in [1.29, 1.82) is 0 Å². The second kappa shape index (κ2) is 7.53. The molecule has 4 rings (SSSR count). The van der Waals surface area contributed by atoms with Gasteiger partial charge < -0.3 is 9.47 Å². The van der Waals surface area contributed by atoms with Gasteiger partial charge in [0.2, 0.25) is 0 Å². The number of halogens is 1. The molecule has 0 saturated carbocycles. The molecule has 2 heterocycles. The maximum absolute atomic E-state index is 14.5. The average molecular weight is 367 g/mol.